The Morgan fingerprint density at radius 3 is 2.49 bits per heavy atom. The highest BCUT2D eigenvalue weighted by molar-refractivity contribution is 5.87. The van der Waals surface area contributed by atoms with Crippen LogP contribution in [0.4, 0.5) is 18.0 Å². The van der Waals surface area contributed by atoms with Crippen LogP contribution >= 0.6 is 0 Å². The summed E-state index contributed by atoms with van der Waals surface area (Å²) in [4.78, 5) is 40.4. The fourth-order valence-electron chi connectivity index (χ4n) is 5.11. The van der Waals surface area contributed by atoms with E-state index in [1.165, 1.54) is 35.2 Å². The Kier molecular flexibility index (Phi) is 7.43. The molecule has 6 rings (SSSR count). The lowest BCUT2D eigenvalue weighted by molar-refractivity contribution is -0.152. The van der Waals surface area contributed by atoms with Gasteiger partial charge in [-0.25, -0.2) is 9.59 Å². The van der Waals surface area contributed by atoms with E-state index >= 15 is 0 Å². The van der Waals surface area contributed by atoms with E-state index in [0.717, 1.165) is 11.6 Å². The van der Waals surface area contributed by atoms with Gasteiger partial charge in [0.05, 0.1) is 10.9 Å². The Bertz CT molecular complexity index is 1750. The Hall–Kier alpha value is -5.00. The van der Waals surface area contributed by atoms with Crippen molar-refractivity contribution < 1.29 is 46.1 Å². The summed E-state index contributed by atoms with van der Waals surface area (Å²) in [7, 11) is 0. The number of carbonyl (C=O) groups excluding carboxylic acids is 2. The molecule has 0 saturated carbocycles. The second-order valence-corrected chi connectivity index (χ2v) is 9.96. The third-order valence-electron chi connectivity index (χ3n) is 7.14. The van der Waals surface area contributed by atoms with E-state index in [9.17, 15) is 27.6 Å². The maximum absolute atomic E-state index is 14.2. The van der Waals surface area contributed by atoms with Gasteiger partial charge in [0.25, 0.3) is 0 Å². The van der Waals surface area contributed by atoms with Gasteiger partial charge < -0.3 is 23.4 Å². The number of halogens is 3. The van der Waals surface area contributed by atoms with Crippen molar-refractivity contribution in [3.63, 3.8) is 0 Å². The molecule has 0 N–H and O–H groups in total. The van der Waals surface area contributed by atoms with Gasteiger partial charge >= 0.3 is 18.2 Å². The summed E-state index contributed by atoms with van der Waals surface area (Å²) < 4.78 is 69.4. The fraction of sp³-hybridized carbons (Fsp3) is 0.258. The van der Waals surface area contributed by atoms with Crippen molar-refractivity contribution in [1.82, 2.24) is 4.90 Å². The highest BCUT2D eigenvalue weighted by Gasteiger charge is 2.40. The van der Waals surface area contributed by atoms with Crippen LogP contribution in [0.15, 0.2) is 75.9 Å². The number of benzene rings is 3. The molecule has 1 aromatic heterocycles. The van der Waals surface area contributed by atoms with Gasteiger partial charge in [-0.1, -0.05) is 36.4 Å². The molecule has 1 atom stereocenters. The molecule has 0 radical (unpaired) electrons. The molecule has 9 nitrogen and oxygen atoms in total. The zero-order valence-electron chi connectivity index (χ0n) is 22.5. The van der Waals surface area contributed by atoms with E-state index in [2.05, 4.69) is 0 Å². The van der Waals surface area contributed by atoms with Crippen LogP contribution in [0.1, 0.15) is 24.2 Å². The topological polar surface area (TPSA) is 105 Å². The molecule has 0 aliphatic carbocycles. The average Bonchev–Trinajstić information content (AvgIpc) is 3.50. The normalized spacial score (nSPS) is 16.3. The molecule has 3 aromatic carbocycles. The van der Waals surface area contributed by atoms with Crippen molar-refractivity contribution in [3.05, 3.63) is 88.3 Å². The second-order valence-electron chi connectivity index (χ2n) is 9.96. The summed E-state index contributed by atoms with van der Waals surface area (Å²) >= 11 is 0. The quantitative estimate of drug-likeness (QED) is 0.206. The van der Waals surface area contributed by atoms with Gasteiger partial charge in [-0.15, -0.1) is 0 Å². The molecule has 222 valence electrons. The number of likely N-dealkylation sites (tertiary alicyclic amines) is 1. The highest BCUT2D eigenvalue weighted by atomic mass is 19.4. The number of hydrogen-bond acceptors (Lipinski definition) is 8. The zero-order valence-corrected chi connectivity index (χ0v) is 22.5. The lowest BCUT2D eigenvalue weighted by atomic mass is 10.0. The summed E-state index contributed by atoms with van der Waals surface area (Å²) in [6, 6.07) is 15.7. The Morgan fingerprint density at radius 1 is 0.953 bits per heavy atom. The van der Waals surface area contributed by atoms with Gasteiger partial charge in [0.1, 0.15) is 37.2 Å². The van der Waals surface area contributed by atoms with Gasteiger partial charge in [0.2, 0.25) is 11.2 Å². The molecule has 1 fully saturated rings. The number of fused-ring (bicyclic) bond motifs is 2. The van der Waals surface area contributed by atoms with Crippen LogP contribution in [0, 0.1) is 0 Å². The van der Waals surface area contributed by atoms with Gasteiger partial charge in [-0.05, 0) is 48.2 Å². The van der Waals surface area contributed by atoms with E-state index in [-0.39, 0.29) is 42.2 Å². The minimum atomic E-state index is -5.02. The van der Waals surface area contributed by atoms with Gasteiger partial charge in [0, 0.05) is 12.6 Å². The number of rotatable bonds is 5. The summed E-state index contributed by atoms with van der Waals surface area (Å²) in [6.07, 6.45) is -4.86. The summed E-state index contributed by atoms with van der Waals surface area (Å²) in [5.41, 5.74) is -1.30. The molecule has 2 aliphatic rings. The fourth-order valence-corrected chi connectivity index (χ4v) is 5.11. The Balaban J connectivity index is 1.26. The third kappa shape index (κ3) is 5.72. The van der Waals surface area contributed by atoms with Crippen molar-refractivity contribution >= 4 is 23.0 Å². The maximum atomic E-state index is 14.2. The third-order valence-corrected chi connectivity index (χ3v) is 7.14. The van der Waals surface area contributed by atoms with Crippen molar-refractivity contribution in [3.8, 4) is 28.4 Å². The molecule has 2 aliphatic heterocycles. The number of ether oxygens (including phenoxy) is 4. The minimum Gasteiger partial charge on any atom is -0.486 e. The number of nitrogens with zero attached hydrogens (tertiary/aromatic N) is 1. The molecule has 12 heteroatoms. The molecule has 43 heavy (non-hydrogen) atoms. The molecule has 0 unspecified atom stereocenters. The molecular weight excluding hydrogens is 571 g/mol. The van der Waals surface area contributed by atoms with Crippen molar-refractivity contribution in [2.75, 3.05) is 19.8 Å². The zero-order chi connectivity index (χ0) is 30.1. The Labute approximate surface area is 242 Å². The van der Waals surface area contributed by atoms with E-state index < -0.39 is 46.6 Å². The van der Waals surface area contributed by atoms with Gasteiger partial charge in [0.15, 0.2) is 11.5 Å². The van der Waals surface area contributed by atoms with Crippen LogP contribution < -0.4 is 19.6 Å². The summed E-state index contributed by atoms with van der Waals surface area (Å²) in [5.74, 6) is -1.88. The van der Waals surface area contributed by atoms with Crippen molar-refractivity contribution in [2.24, 2.45) is 0 Å². The monoisotopic (exact) mass is 595 g/mol. The van der Waals surface area contributed by atoms with Crippen LogP contribution in [-0.4, -0.2) is 42.8 Å². The smallest absolute Gasteiger partial charge is 0.450 e. The van der Waals surface area contributed by atoms with Crippen LogP contribution in [0.25, 0.3) is 22.1 Å². The summed E-state index contributed by atoms with van der Waals surface area (Å²) in [6.45, 7) is 0.807. The number of amides is 1. The van der Waals surface area contributed by atoms with Gasteiger partial charge in [-0.2, -0.15) is 13.2 Å². The van der Waals surface area contributed by atoms with Crippen LogP contribution in [0.5, 0.6) is 17.2 Å². The van der Waals surface area contributed by atoms with E-state index in [1.807, 2.05) is 18.2 Å². The second kappa shape index (κ2) is 11.3. The SMILES string of the molecule is O=C(Oc1ccc2c(=O)c(-c3ccc4c(c3)OCCO4)c(C(F)(F)F)oc2c1)[C@@H]1CCCN1C(=O)OCc1ccccc1. The van der Waals surface area contributed by atoms with E-state index in [4.69, 9.17) is 23.4 Å². The first-order valence-corrected chi connectivity index (χ1v) is 13.5. The molecule has 0 bridgehead atoms. The minimum absolute atomic E-state index is 0.0252. The maximum Gasteiger partial charge on any atom is 0.450 e. The summed E-state index contributed by atoms with van der Waals surface area (Å²) in [5, 5.41) is -0.148. The average molecular weight is 596 g/mol. The highest BCUT2D eigenvalue weighted by Crippen LogP contribution is 2.41. The van der Waals surface area contributed by atoms with E-state index in [1.54, 1.807) is 12.1 Å². The van der Waals surface area contributed by atoms with Crippen molar-refractivity contribution in [1.29, 1.82) is 0 Å². The molecular formula is C31H24F3NO8. The first-order chi connectivity index (χ1) is 20.7. The molecule has 4 aromatic rings. The number of carbonyl (C=O) groups is 2. The lowest BCUT2D eigenvalue weighted by Crippen LogP contribution is -2.42. The standard InChI is InChI=1S/C31H24F3NO8/c32-31(33,34)28-26(19-8-11-23-25(15-19)40-14-13-39-23)27(36)21-10-9-20(16-24(21)43-28)42-29(37)22-7-4-12-35(22)30(38)41-17-18-5-2-1-3-6-18/h1-3,5-6,8-11,15-16,22H,4,7,12-14,17H2/t22-/m0/s1. The predicted molar refractivity (Wildman–Crippen MR) is 146 cm³/mol. The molecule has 1 amide bonds. The molecule has 3 heterocycles. The van der Waals surface area contributed by atoms with Gasteiger partial charge in [-0.3, -0.25) is 9.69 Å². The first-order valence-electron chi connectivity index (χ1n) is 13.5. The van der Waals surface area contributed by atoms with Crippen LogP contribution in [0.2, 0.25) is 0 Å². The molecule has 0 spiro atoms. The lowest BCUT2D eigenvalue weighted by Gasteiger charge is -2.22. The molecule has 1 saturated heterocycles. The number of alkyl halides is 3. The van der Waals surface area contributed by atoms with Crippen LogP contribution in [-0.2, 0) is 22.3 Å². The Morgan fingerprint density at radius 2 is 1.72 bits per heavy atom. The van der Waals surface area contributed by atoms with Crippen LogP contribution in [0.3, 0.4) is 0 Å². The number of esters is 1. The first kappa shape index (κ1) is 28.1. The van der Waals surface area contributed by atoms with Crippen molar-refractivity contribution in [2.45, 2.75) is 31.7 Å². The van der Waals surface area contributed by atoms with E-state index in [0.29, 0.717) is 25.2 Å². The predicted octanol–water partition coefficient (Wildman–Crippen LogP) is 5.96. The largest absolute Gasteiger partial charge is 0.486 e. The number of hydrogen-bond donors (Lipinski definition) is 0.